The zero-order valence-corrected chi connectivity index (χ0v) is 18.3. The van der Waals surface area contributed by atoms with Crippen molar-refractivity contribution in [2.45, 2.75) is 31.7 Å². The number of hydrogen-bond acceptors (Lipinski definition) is 5. The first kappa shape index (κ1) is 23.6. The summed E-state index contributed by atoms with van der Waals surface area (Å²) in [5, 5.41) is 2.65. The second-order valence-electron chi connectivity index (χ2n) is 7.99. The van der Waals surface area contributed by atoms with Crippen molar-refractivity contribution in [3.8, 4) is 17.0 Å². The third-order valence-electron chi connectivity index (χ3n) is 5.50. The maximum absolute atomic E-state index is 12.9. The number of rotatable bonds is 6. The number of carbonyl (C=O) groups is 1. The van der Waals surface area contributed by atoms with Gasteiger partial charge in [-0.1, -0.05) is 12.1 Å². The van der Waals surface area contributed by atoms with E-state index in [4.69, 9.17) is 15.2 Å². The largest absolute Gasteiger partial charge is 0.490 e. The number of nitrogens with two attached hydrogens (primary N) is 1. The molecule has 1 aromatic heterocycles. The fourth-order valence-electron chi connectivity index (χ4n) is 3.68. The Morgan fingerprint density at radius 3 is 2.68 bits per heavy atom. The van der Waals surface area contributed by atoms with Crippen molar-refractivity contribution in [1.29, 1.82) is 0 Å². The van der Waals surface area contributed by atoms with Gasteiger partial charge in [-0.15, -0.1) is 0 Å². The van der Waals surface area contributed by atoms with E-state index in [-0.39, 0.29) is 12.6 Å². The molecule has 0 spiro atoms. The Morgan fingerprint density at radius 1 is 1.12 bits per heavy atom. The average molecular weight is 471 g/mol. The van der Waals surface area contributed by atoms with Gasteiger partial charge in [-0.05, 0) is 48.0 Å². The van der Waals surface area contributed by atoms with Crippen molar-refractivity contribution >= 4 is 11.6 Å². The van der Waals surface area contributed by atoms with E-state index in [1.165, 1.54) is 24.4 Å². The highest BCUT2D eigenvalue weighted by Crippen LogP contribution is 2.31. The number of ether oxygens (including phenoxy) is 2. The number of benzene rings is 2. The van der Waals surface area contributed by atoms with Crippen molar-refractivity contribution in [2.75, 3.05) is 18.9 Å². The molecule has 0 bridgehead atoms. The Bertz CT molecular complexity index is 1160. The molecule has 0 radical (unpaired) electrons. The van der Waals surface area contributed by atoms with Gasteiger partial charge in [0.15, 0.2) is 0 Å². The Labute approximate surface area is 194 Å². The summed E-state index contributed by atoms with van der Waals surface area (Å²) in [4.78, 5) is 17.0. The molecule has 1 aliphatic rings. The summed E-state index contributed by atoms with van der Waals surface area (Å²) in [6, 6.07) is 13.3. The van der Waals surface area contributed by atoms with Gasteiger partial charge in [0, 0.05) is 42.4 Å². The molecule has 2 aromatic carbocycles. The number of nitrogens with one attached hydrogen (secondary N) is 1. The van der Waals surface area contributed by atoms with Gasteiger partial charge < -0.3 is 20.5 Å². The zero-order chi connectivity index (χ0) is 24.1. The fraction of sp³-hybridized carbons (Fsp3) is 0.280. The molecule has 3 aromatic rings. The third kappa shape index (κ3) is 5.85. The zero-order valence-electron chi connectivity index (χ0n) is 18.3. The second kappa shape index (κ2) is 10.1. The number of halogens is 3. The van der Waals surface area contributed by atoms with Crippen LogP contribution in [0.25, 0.3) is 11.3 Å². The monoisotopic (exact) mass is 471 g/mol. The number of nitrogen functional groups attached to an aromatic ring is 1. The molecule has 0 aliphatic carbocycles. The van der Waals surface area contributed by atoms with Gasteiger partial charge in [-0.3, -0.25) is 9.78 Å². The quantitative estimate of drug-likeness (QED) is 0.503. The van der Waals surface area contributed by atoms with Crippen LogP contribution in [0.2, 0.25) is 0 Å². The topological polar surface area (TPSA) is 86.5 Å². The summed E-state index contributed by atoms with van der Waals surface area (Å²) in [6.07, 6.45) is -1.28. The maximum Gasteiger partial charge on any atom is 0.416 e. The summed E-state index contributed by atoms with van der Waals surface area (Å²) in [5.41, 5.74) is 7.65. The molecule has 3 N–H and O–H groups in total. The predicted octanol–water partition coefficient (Wildman–Crippen LogP) is 4.84. The van der Waals surface area contributed by atoms with E-state index >= 15 is 0 Å². The molecule has 9 heteroatoms. The van der Waals surface area contributed by atoms with E-state index in [9.17, 15) is 18.0 Å². The van der Waals surface area contributed by atoms with Crippen molar-refractivity contribution in [2.24, 2.45) is 0 Å². The first-order valence-electron chi connectivity index (χ1n) is 10.8. The molecule has 6 nitrogen and oxygen atoms in total. The Morgan fingerprint density at radius 2 is 1.91 bits per heavy atom. The van der Waals surface area contributed by atoms with Gasteiger partial charge in [-0.25, -0.2) is 0 Å². The molecule has 2 heterocycles. The summed E-state index contributed by atoms with van der Waals surface area (Å²) in [7, 11) is 0. The maximum atomic E-state index is 12.9. The van der Waals surface area contributed by atoms with E-state index in [0.29, 0.717) is 47.0 Å². The number of anilines is 1. The number of hydrogen-bond donors (Lipinski definition) is 2. The molecule has 34 heavy (non-hydrogen) atoms. The standard InChI is InChI=1S/C25H24F3N3O3/c26-25(27,28)18-3-1-2-16(12-18)15-31-24(32)17-6-9-30-23(13-17)21-14-20(4-5-22(21)29)34-19-7-10-33-11-8-19/h1-6,9,12-14,19H,7-8,10-11,15,29H2,(H,31,32). The van der Waals surface area contributed by atoms with Gasteiger partial charge in [0.25, 0.3) is 5.91 Å². The number of alkyl halides is 3. The minimum atomic E-state index is -4.44. The Balaban J connectivity index is 1.47. The lowest BCUT2D eigenvalue weighted by Gasteiger charge is -2.23. The van der Waals surface area contributed by atoms with Gasteiger partial charge in [-0.2, -0.15) is 13.2 Å². The van der Waals surface area contributed by atoms with Crippen LogP contribution in [0.3, 0.4) is 0 Å². The molecule has 0 unspecified atom stereocenters. The molecule has 0 atom stereocenters. The molecule has 0 saturated carbocycles. The van der Waals surface area contributed by atoms with Crippen molar-refractivity contribution in [1.82, 2.24) is 10.3 Å². The summed E-state index contributed by atoms with van der Waals surface area (Å²) in [5.74, 6) is 0.214. The molecular formula is C25H24F3N3O3. The van der Waals surface area contributed by atoms with E-state index < -0.39 is 17.6 Å². The Kier molecular flexibility index (Phi) is 7.02. The first-order chi connectivity index (χ1) is 16.3. The molecule has 178 valence electrons. The highest BCUT2D eigenvalue weighted by atomic mass is 19.4. The highest BCUT2D eigenvalue weighted by Gasteiger charge is 2.30. The number of aromatic nitrogens is 1. The SMILES string of the molecule is Nc1ccc(OC2CCOCC2)cc1-c1cc(C(=O)NCc2cccc(C(F)(F)F)c2)ccn1. The van der Waals surface area contributed by atoms with Crippen LogP contribution in [0.5, 0.6) is 5.75 Å². The van der Waals surface area contributed by atoms with Crippen LogP contribution in [0.15, 0.2) is 60.8 Å². The number of carbonyl (C=O) groups excluding carboxylic acids is 1. The molecule has 1 aliphatic heterocycles. The second-order valence-corrected chi connectivity index (χ2v) is 7.99. The number of amides is 1. The van der Waals surface area contributed by atoms with Crippen LogP contribution >= 0.6 is 0 Å². The summed E-state index contributed by atoms with van der Waals surface area (Å²) >= 11 is 0. The average Bonchev–Trinajstić information content (AvgIpc) is 2.84. The third-order valence-corrected chi connectivity index (χ3v) is 5.50. The van der Waals surface area contributed by atoms with Crippen molar-refractivity contribution in [3.05, 3.63) is 77.5 Å². The highest BCUT2D eigenvalue weighted by molar-refractivity contribution is 5.95. The minimum Gasteiger partial charge on any atom is -0.490 e. The van der Waals surface area contributed by atoms with Crippen LogP contribution in [-0.2, 0) is 17.5 Å². The normalized spacial score (nSPS) is 14.6. The molecule has 4 rings (SSSR count). The molecule has 1 fully saturated rings. The van der Waals surface area contributed by atoms with Gasteiger partial charge >= 0.3 is 6.18 Å². The fourth-order valence-corrected chi connectivity index (χ4v) is 3.68. The number of pyridine rings is 1. The van der Waals surface area contributed by atoms with Crippen LogP contribution in [0, 0.1) is 0 Å². The van der Waals surface area contributed by atoms with Crippen LogP contribution < -0.4 is 15.8 Å². The van der Waals surface area contributed by atoms with Gasteiger partial charge in [0.2, 0.25) is 0 Å². The van der Waals surface area contributed by atoms with Gasteiger partial charge in [0.05, 0.1) is 24.5 Å². The lowest BCUT2D eigenvalue weighted by molar-refractivity contribution is -0.137. The molecule has 1 amide bonds. The molecular weight excluding hydrogens is 447 g/mol. The van der Waals surface area contributed by atoms with E-state index in [1.807, 2.05) is 0 Å². The first-order valence-corrected chi connectivity index (χ1v) is 10.8. The van der Waals surface area contributed by atoms with Crippen molar-refractivity contribution < 1.29 is 27.4 Å². The van der Waals surface area contributed by atoms with Crippen LogP contribution in [0.4, 0.5) is 18.9 Å². The number of nitrogens with zero attached hydrogens (tertiary/aromatic N) is 1. The lowest BCUT2D eigenvalue weighted by atomic mass is 10.1. The van der Waals surface area contributed by atoms with Crippen molar-refractivity contribution in [3.63, 3.8) is 0 Å². The summed E-state index contributed by atoms with van der Waals surface area (Å²) in [6.45, 7) is 1.27. The Hall–Kier alpha value is -3.59. The lowest BCUT2D eigenvalue weighted by Crippen LogP contribution is -2.25. The van der Waals surface area contributed by atoms with E-state index in [1.54, 1.807) is 24.3 Å². The summed E-state index contributed by atoms with van der Waals surface area (Å²) < 4.78 is 50.1. The van der Waals surface area contributed by atoms with Crippen LogP contribution in [-0.4, -0.2) is 30.2 Å². The minimum absolute atomic E-state index is 0.0447. The van der Waals surface area contributed by atoms with Crippen LogP contribution in [0.1, 0.15) is 34.3 Å². The smallest absolute Gasteiger partial charge is 0.416 e. The molecule has 1 saturated heterocycles. The van der Waals surface area contributed by atoms with E-state index in [0.717, 1.165) is 25.0 Å². The van der Waals surface area contributed by atoms with E-state index in [2.05, 4.69) is 10.3 Å². The van der Waals surface area contributed by atoms with Gasteiger partial charge in [0.1, 0.15) is 11.9 Å². The predicted molar refractivity (Wildman–Crippen MR) is 121 cm³/mol.